The van der Waals surface area contributed by atoms with Crippen LogP contribution in [0, 0.1) is 0 Å². The van der Waals surface area contributed by atoms with Crippen molar-refractivity contribution in [3.8, 4) is 0 Å². The number of halogens is 1. The summed E-state index contributed by atoms with van der Waals surface area (Å²) >= 11 is 7.13. The van der Waals surface area contributed by atoms with E-state index in [2.05, 4.69) is 15.0 Å². The average molecular weight is 434 g/mol. The van der Waals surface area contributed by atoms with Crippen molar-refractivity contribution in [3.05, 3.63) is 76.3 Å². The summed E-state index contributed by atoms with van der Waals surface area (Å²) in [5, 5.41) is 5.68. The van der Waals surface area contributed by atoms with Crippen LogP contribution in [0.2, 0.25) is 5.02 Å². The summed E-state index contributed by atoms with van der Waals surface area (Å²) in [5.74, 6) is -0.246. The van der Waals surface area contributed by atoms with Crippen LogP contribution in [0.15, 0.2) is 65.0 Å². The largest absolute Gasteiger partial charge is 0.343 e. The van der Waals surface area contributed by atoms with Gasteiger partial charge in [-0.05, 0) is 54.8 Å². The molecule has 0 aliphatic heterocycles. The summed E-state index contributed by atoms with van der Waals surface area (Å²) in [4.78, 5) is 16.6. The Hall–Kier alpha value is -2.42. The smallest absolute Gasteiger partial charge is 0.263 e. The lowest BCUT2D eigenvalue weighted by molar-refractivity contribution is 0.0930. The number of rotatable bonds is 6. The van der Waals surface area contributed by atoms with E-state index in [4.69, 9.17) is 11.6 Å². The number of hydrogen-bond donors (Lipinski definition) is 2. The molecule has 1 heterocycles. The van der Waals surface area contributed by atoms with Crippen LogP contribution in [0.1, 0.15) is 28.8 Å². The summed E-state index contributed by atoms with van der Waals surface area (Å²) in [6.07, 6.45) is 3.22. The fourth-order valence-corrected chi connectivity index (χ4v) is 4.82. The Morgan fingerprint density at radius 2 is 1.75 bits per heavy atom. The van der Waals surface area contributed by atoms with E-state index in [1.807, 2.05) is 12.1 Å². The molecule has 144 valence electrons. The zero-order chi connectivity index (χ0) is 19.8. The maximum atomic E-state index is 12.6. The molecule has 1 aliphatic carbocycles. The molecule has 4 rings (SSSR count). The molecule has 9 heteroatoms. The van der Waals surface area contributed by atoms with Gasteiger partial charge in [-0.2, -0.15) is 0 Å². The van der Waals surface area contributed by atoms with Crippen LogP contribution >= 0.6 is 22.9 Å². The quantitative estimate of drug-likeness (QED) is 0.614. The molecule has 0 spiro atoms. The van der Waals surface area contributed by atoms with Gasteiger partial charge in [0.1, 0.15) is 0 Å². The number of carbonyl (C=O) groups excluding carboxylic acids is 1. The van der Waals surface area contributed by atoms with Crippen LogP contribution < -0.4 is 10.0 Å². The van der Waals surface area contributed by atoms with E-state index in [-0.39, 0.29) is 16.3 Å². The van der Waals surface area contributed by atoms with E-state index < -0.39 is 10.0 Å². The molecule has 1 aliphatic rings. The summed E-state index contributed by atoms with van der Waals surface area (Å²) in [6.45, 7) is 0. The van der Waals surface area contributed by atoms with Crippen molar-refractivity contribution < 1.29 is 13.2 Å². The molecule has 6 nitrogen and oxygen atoms in total. The fraction of sp³-hybridized carbons (Fsp3) is 0.158. The Bertz CT molecular complexity index is 1090. The second kappa shape index (κ2) is 7.20. The van der Waals surface area contributed by atoms with Gasteiger partial charge in [0, 0.05) is 22.2 Å². The van der Waals surface area contributed by atoms with Crippen molar-refractivity contribution in [1.29, 1.82) is 0 Å². The number of aromatic nitrogens is 1. The first kappa shape index (κ1) is 18.9. The lowest BCUT2D eigenvalue weighted by atomic mass is 10.0. The zero-order valence-corrected chi connectivity index (χ0v) is 16.9. The maximum Gasteiger partial charge on any atom is 0.263 e. The molecule has 0 atom stereocenters. The van der Waals surface area contributed by atoms with E-state index in [9.17, 15) is 13.2 Å². The maximum absolute atomic E-state index is 12.6. The highest BCUT2D eigenvalue weighted by Crippen LogP contribution is 2.45. The number of hydrogen-bond acceptors (Lipinski definition) is 5. The highest BCUT2D eigenvalue weighted by molar-refractivity contribution is 7.93. The van der Waals surface area contributed by atoms with Crippen molar-refractivity contribution >= 4 is 44.0 Å². The molecule has 28 heavy (non-hydrogen) atoms. The van der Waals surface area contributed by atoms with Crippen molar-refractivity contribution in [1.82, 2.24) is 10.3 Å². The Labute approximate surface area is 171 Å². The average Bonchev–Trinajstić information content (AvgIpc) is 3.28. The molecule has 0 radical (unpaired) electrons. The van der Waals surface area contributed by atoms with Gasteiger partial charge in [0.2, 0.25) is 0 Å². The SMILES string of the molecule is O=C(NC1(c2ccc(Cl)cc2)CC1)c1ccc(S(=O)(=O)Nc2nccs2)cc1. The zero-order valence-electron chi connectivity index (χ0n) is 14.6. The number of nitrogens with zero attached hydrogens (tertiary/aromatic N) is 1. The second-order valence-corrected chi connectivity index (χ2v) is 9.52. The van der Waals surface area contributed by atoms with Gasteiger partial charge in [0.05, 0.1) is 10.4 Å². The minimum absolute atomic E-state index is 0.0677. The molecule has 2 N–H and O–H groups in total. The van der Waals surface area contributed by atoms with Crippen LogP contribution in [0.5, 0.6) is 0 Å². The molecule has 3 aromatic rings. The van der Waals surface area contributed by atoms with Gasteiger partial charge < -0.3 is 5.32 Å². The van der Waals surface area contributed by atoms with Crippen molar-refractivity contribution in [2.45, 2.75) is 23.3 Å². The molecular weight excluding hydrogens is 418 g/mol. The number of nitrogens with one attached hydrogen (secondary N) is 2. The molecule has 0 unspecified atom stereocenters. The predicted octanol–water partition coefficient (Wildman–Crippen LogP) is 4.02. The number of anilines is 1. The van der Waals surface area contributed by atoms with Gasteiger partial charge in [-0.15, -0.1) is 11.3 Å². The third kappa shape index (κ3) is 3.89. The van der Waals surface area contributed by atoms with Gasteiger partial charge in [0.15, 0.2) is 5.13 Å². The van der Waals surface area contributed by atoms with Crippen molar-refractivity contribution in [3.63, 3.8) is 0 Å². The highest BCUT2D eigenvalue weighted by Gasteiger charge is 2.45. The first-order valence-electron chi connectivity index (χ1n) is 8.49. The molecule has 1 aromatic heterocycles. The lowest BCUT2D eigenvalue weighted by Gasteiger charge is -2.18. The Kier molecular flexibility index (Phi) is 4.86. The normalized spacial score (nSPS) is 15.0. The second-order valence-electron chi connectivity index (χ2n) is 6.51. The summed E-state index contributed by atoms with van der Waals surface area (Å²) in [5.41, 5.74) is 1.03. The summed E-state index contributed by atoms with van der Waals surface area (Å²) in [7, 11) is -3.74. The molecule has 2 aromatic carbocycles. The Morgan fingerprint density at radius 1 is 1.07 bits per heavy atom. The molecule has 1 saturated carbocycles. The molecule has 0 saturated heterocycles. The number of thiazole rings is 1. The van der Waals surface area contributed by atoms with Crippen molar-refractivity contribution in [2.75, 3.05) is 4.72 Å². The molecule has 1 fully saturated rings. The standard InChI is InChI=1S/C19H16ClN3O3S2/c20-15-5-3-14(4-6-15)19(9-10-19)22-17(24)13-1-7-16(8-2-13)28(25,26)23-18-21-11-12-27-18/h1-8,11-12H,9-10H2,(H,21,23)(H,22,24). The highest BCUT2D eigenvalue weighted by atomic mass is 35.5. The first-order chi connectivity index (χ1) is 13.4. The molecule has 1 amide bonds. The summed E-state index contributed by atoms with van der Waals surface area (Å²) < 4.78 is 27.2. The van der Waals surface area contributed by atoms with Crippen LogP contribution in [0.3, 0.4) is 0 Å². The van der Waals surface area contributed by atoms with E-state index in [0.29, 0.717) is 15.7 Å². The van der Waals surface area contributed by atoms with Crippen LogP contribution in [0.4, 0.5) is 5.13 Å². The van der Waals surface area contributed by atoms with Gasteiger partial charge >= 0.3 is 0 Å². The third-order valence-corrected chi connectivity index (χ3v) is 7.00. The minimum Gasteiger partial charge on any atom is -0.343 e. The summed E-state index contributed by atoms with van der Waals surface area (Å²) in [6, 6.07) is 13.3. The lowest BCUT2D eigenvalue weighted by Crippen LogP contribution is -2.34. The number of sulfonamides is 1. The monoisotopic (exact) mass is 433 g/mol. The fourth-order valence-electron chi connectivity index (χ4n) is 2.90. The minimum atomic E-state index is -3.74. The third-order valence-electron chi connectivity index (χ3n) is 4.58. The van der Waals surface area contributed by atoms with E-state index >= 15 is 0 Å². The van der Waals surface area contributed by atoms with E-state index in [1.165, 1.54) is 41.8 Å². The Balaban J connectivity index is 1.48. The number of carbonyl (C=O) groups is 1. The van der Waals surface area contributed by atoms with Crippen LogP contribution in [-0.2, 0) is 15.6 Å². The van der Waals surface area contributed by atoms with Gasteiger partial charge in [0.25, 0.3) is 15.9 Å². The molecular formula is C19H16ClN3O3S2. The number of benzene rings is 2. The van der Waals surface area contributed by atoms with Crippen LogP contribution in [-0.4, -0.2) is 19.3 Å². The van der Waals surface area contributed by atoms with Gasteiger partial charge in [-0.1, -0.05) is 23.7 Å². The molecule has 0 bridgehead atoms. The van der Waals surface area contributed by atoms with Crippen molar-refractivity contribution in [2.24, 2.45) is 0 Å². The predicted molar refractivity (Wildman–Crippen MR) is 109 cm³/mol. The topological polar surface area (TPSA) is 88.2 Å². The first-order valence-corrected chi connectivity index (χ1v) is 11.2. The Morgan fingerprint density at radius 3 is 2.32 bits per heavy atom. The number of amides is 1. The van der Waals surface area contributed by atoms with E-state index in [0.717, 1.165) is 18.4 Å². The van der Waals surface area contributed by atoms with Gasteiger partial charge in [-0.25, -0.2) is 13.4 Å². The van der Waals surface area contributed by atoms with Crippen LogP contribution in [0.25, 0.3) is 0 Å². The van der Waals surface area contributed by atoms with Gasteiger partial charge in [-0.3, -0.25) is 9.52 Å². The van der Waals surface area contributed by atoms with E-state index in [1.54, 1.807) is 17.5 Å².